The standard InChI is InChI=1S/C14H14ClN3O2/c15-13-9-11(5-7-16-13)17-14(20)18-12-4-2-1-3-10(12)6-8-19/h1-5,7,9,19H,6,8H2,(H2,16,17,18,20). The third-order valence-corrected chi connectivity index (χ3v) is 2.84. The van der Waals surface area contributed by atoms with Crippen LogP contribution in [0.25, 0.3) is 0 Å². The Bertz CT molecular complexity index is 604. The Morgan fingerprint density at radius 2 is 2.05 bits per heavy atom. The van der Waals surface area contributed by atoms with Crippen molar-refractivity contribution in [2.45, 2.75) is 6.42 Å². The molecule has 3 N–H and O–H groups in total. The SMILES string of the molecule is O=C(Nc1ccnc(Cl)c1)Nc1ccccc1CCO. The summed E-state index contributed by atoms with van der Waals surface area (Å²) in [5.74, 6) is 0. The van der Waals surface area contributed by atoms with Crippen molar-refractivity contribution < 1.29 is 9.90 Å². The van der Waals surface area contributed by atoms with E-state index < -0.39 is 0 Å². The van der Waals surface area contributed by atoms with E-state index in [0.29, 0.717) is 22.9 Å². The van der Waals surface area contributed by atoms with E-state index in [1.54, 1.807) is 18.2 Å². The van der Waals surface area contributed by atoms with Gasteiger partial charge in [0.05, 0.1) is 0 Å². The van der Waals surface area contributed by atoms with E-state index in [1.165, 1.54) is 6.20 Å². The summed E-state index contributed by atoms with van der Waals surface area (Å²) < 4.78 is 0. The van der Waals surface area contributed by atoms with Crippen LogP contribution in [0.1, 0.15) is 5.56 Å². The molecule has 1 aromatic heterocycles. The quantitative estimate of drug-likeness (QED) is 0.758. The second-order valence-corrected chi connectivity index (χ2v) is 4.46. The second kappa shape index (κ2) is 6.88. The number of urea groups is 1. The van der Waals surface area contributed by atoms with Gasteiger partial charge in [-0.05, 0) is 30.2 Å². The smallest absolute Gasteiger partial charge is 0.323 e. The average molecular weight is 292 g/mol. The minimum Gasteiger partial charge on any atom is -0.396 e. The number of rotatable bonds is 4. The Balaban J connectivity index is 2.05. The zero-order chi connectivity index (χ0) is 14.4. The number of pyridine rings is 1. The topological polar surface area (TPSA) is 74.2 Å². The monoisotopic (exact) mass is 291 g/mol. The highest BCUT2D eigenvalue weighted by molar-refractivity contribution is 6.29. The number of carbonyl (C=O) groups is 1. The summed E-state index contributed by atoms with van der Waals surface area (Å²) in [5, 5.41) is 14.7. The Labute approximate surface area is 121 Å². The summed E-state index contributed by atoms with van der Waals surface area (Å²) in [7, 11) is 0. The molecule has 0 aliphatic carbocycles. The number of aliphatic hydroxyl groups is 1. The van der Waals surface area contributed by atoms with Crippen molar-refractivity contribution in [3.05, 3.63) is 53.3 Å². The lowest BCUT2D eigenvalue weighted by molar-refractivity contribution is 0.262. The zero-order valence-electron chi connectivity index (χ0n) is 10.6. The molecule has 0 saturated carbocycles. The normalized spacial score (nSPS) is 10.1. The van der Waals surface area contributed by atoms with E-state index in [4.69, 9.17) is 16.7 Å². The van der Waals surface area contributed by atoms with Gasteiger partial charge in [0.25, 0.3) is 0 Å². The highest BCUT2D eigenvalue weighted by Gasteiger charge is 2.06. The van der Waals surface area contributed by atoms with Gasteiger partial charge < -0.3 is 15.7 Å². The summed E-state index contributed by atoms with van der Waals surface area (Å²) in [6.45, 7) is 0.0281. The lowest BCUT2D eigenvalue weighted by atomic mass is 10.1. The summed E-state index contributed by atoms with van der Waals surface area (Å²) in [6.07, 6.45) is 2.00. The fourth-order valence-electron chi connectivity index (χ4n) is 1.75. The van der Waals surface area contributed by atoms with Crippen LogP contribution in [0.4, 0.5) is 16.2 Å². The Hall–Kier alpha value is -2.11. The molecule has 0 saturated heterocycles. The van der Waals surface area contributed by atoms with Crippen molar-refractivity contribution in [1.82, 2.24) is 4.98 Å². The van der Waals surface area contributed by atoms with E-state index >= 15 is 0 Å². The molecule has 0 bridgehead atoms. The summed E-state index contributed by atoms with van der Waals surface area (Å²) in [4.78, 5) is 15.7. The summed E-state index contributed by atoms with van der Waals surface area (Å²) >= 11 is 5.74. The third kappa shape index (κ3) is 3.94. The van der Waals surface area contributed by atoms with Crippen molar-refractivity contribution in [3.8, 4) is 0 Å². The molecule has 20 heavy (non-hydrogen) atoms. The van der Waals surface area contributed by atoms with E-state index in [0.717, 1.165) is 5.56 Å². The van der Waals surface area contributed by atoms with E-state index in [2.05, 4.69) is 15.6 Å². The number of nitrogens with zero attached hydrogens (tertiary/aromatic N) is 1. The molecule has 1 aromatic carbocycles. The molecule has 5 nitrogen and oxygen atoms in total. The molecule has 1 heterocycles. The van der Waals surface area contributed by atoms with Gasteiger partial charge in [-0.1, -0.05) is 29.8 Å². The van der Waals surface area contributed by atoms with Crippen LogP contribution in [0.2, 0.25) is 5.15 Å². The van der Waals surface area contributed by atoms with E-state index in [9.17, 15) is 4.79 Å². The molecule has 0 atom stereocenters. The van der Waals surface area contributed by atoms with Crippen LogP contribution >= 0.6 is 11.6 Å². The molecule has 0 aliphatic heterocycles. The number of anilines is 2. The fraction of sp³-hybridized carbons (Fsp3) is 0.143. The number of benzene rings is 1. The molecule has 2 amide bonds. The van der Waals surface area contributed by atoms with Crippen LogP contribution in [-0.4, -0.2) is 22.7 Å². The van der Waals surface area contributed by atoms with Crippen molar-refractivity contribution in [1.29, 1.82) is 0 Å². The van der Waals surface area contributed by atoms with Crippen molar-refractivity contribution >= 4 is 29.0 Å². The number of aromatic nitrogens is 1. The lowest BCUT2D eigenvalue weighted by Crippen LogP contribution is -2.20. The van der Waals surface area contributed by atoms with Gasteiger partial charge in [0.1, 0.15) is 5.15 Å². The van der Waals surface area contributed by atoms with Crippen LogP contribution in [0.5, 0.6) is 0 Å². The van der Waals surface area contributed by atoms with Crippen LogP contribution < -0.4 is 10.6 Å². The fourth-order valence-corrected chi connectivity index (χ4v) is 1.92. The molecule has 104 valence electrons. The Kier molecular flexibility index (Phi) is 4.92. The molecule has 2 rings (SSSR count). The second-order valence-electron chi connectivity index (χ2n) is 4.08. The number of hydrogen-bond acceptors (Lipinski definition) is 3. The van der Waals surface area contributed by atoms with Crippen molar-refractivity contribution in [3.63, 3.8) is 0 Å². The van der Waals surface area contributed by atoms with Gasteiger partial charge in [-0.3, -0.25) is 0 Å². The molecular formula is C14H14ClN3O2. The first-order valence-electron chi connectivity index (χ1n) is 6.07. The van der Waals surface area contributed by atoms with Crippen LogP contribution in [0.3, 0.4) is 0 Å². The maximum absolute atomic E-state index is 11.9. The number of nitrogens with one attached hydrogen (secondary N) is 2. The largest absolute Gasteiger partial charge is 0.396 e. The average Bonchev–Trinajstić information content (AvgIpc) is 2.41. The first-order chi connectivity index (χ1) is 9.69. The molecule has 0 unspecified atom stereocenters. The number of aliphatic hydroxyl groups excluding tert-OH is 1. The Morgan fingerprint density at radius 3 is 2.80 bits per heavy atom. The molecule has 2 aromatic rings. The van der Waals surface area contributed by atoms with Gasteiger partial charge in [-0.2, -0.15) is 0 Å². The third-order valence-electron chi connectivity index (χ3n) is 2.63. The van der Waals surface area contributed by atoms with Gasteiger partial charge in [-0.25, -0.2) is 9.78 Å². The molecule has 0 spiro atoms. The molecule has 0 fully saturated rings. The maximum atomic E-state index is 11.9. The first-order valence-corrected chi connectivity index (χ1v) is 6.45. The van der Waals surface area contributed by atoms with Crippen LogP contribution in [-0.2, 0) is 6.42 Å². The first kappa shape index (κ1) is 14.3. The minimum absolute atomic E-state index is 0.0281. The van der Waals surface area contributed by atoms with Gasteiger partial charge in [-0.15, -0.1) is 0 Å². The zero-order valence-corrected chi connectivity index (χ0v) is 11.4. The molecule has 6 heteroatoms. The van der Waals surface area contributed by atoms with E-state index in [1.807, 2.05) is 18.2 Å². The number of carbonyl (C=O) groups excluding carboxylic acids is 1. The predicted octanol–water partition coefficient (Wildman–Crippen LogP) is 2.91. The summed E-state index contributed by atoms with van der Waals surface area (Å²) in [5.41, 5.74) is 2.10. The summed E-state index contributed by atoms with van der Waals surface area (Å²) in [6, 6.07) is 10.1. The van der Waals surface area contributed by atoms with Gasteiger partial charge >= 0.3 is 6.03 Å². The number of para-hydroxylation sites is 1. The molecular weight excluding hydrogens is 278 g/mol. The lowest BCUT2D eigenvalue weighted by Gasteiger charge is -2.11. The van der Waals surface area contributed by atoms with Gasteiger partial charge in [0.15, 0.2) is 0 Å². The van der Waals surface area contributed by atoms with Crippen molar-refractivity contribution in [2.24, 2.45) is 0 Å². The van der Waals surface area contributed by atoms with E-state index in [-0.39, 0.29) is 12.6 Å². The molecule has 0 radical (unpaired) electrons. The highest BCUT2D eigenvalue weighted by atomic mass is 35.5. The maximum Gasteiger partial charge on any atom is 0.323 e. The van der Waals surface area contributed by atoms with Crippen LogP contribution in [0, 0.1) is 0 Å². The van der Waals surface area contributed by atoms with Crippen LogP contribution in [0.15, 0.2) is 42.6 Å². The highest BCUT2D eigenvalue weighted by Crippen LogP contribution is 2.17. The minimum atomic E-state index is -0.377. The number of halogens is 1. The predicted molar refractivity (Wildman–Crippen MR) is 79.1 cm³/mol. The van der Waals surface area contributed by atoms with Gasteiger partial charge in [0.2, 0.25) is 0 Å². The Morgan fingerprint density at radius 1 is 1.25 bits per heavy atom. The number of hydrogen-bond donors (Lipinski definition) is 3. The van der Waals surface area contributed by atoms with Gasteiger partial charge in [0, 0.05) is 24.2 Å². The van der Waals surface area contributed by atoms with Crippen molar-refractivity contribution in [2.75, 3.05) is 17.2 Å². The number of amides is 2. The molecule has 0 aliphatic rings.